The van der Waals surface area contributed by atoms with E-state index in [9.17, 15) is 14.4 Å². The lowest BCUT2D eigenvalue weighted by Crippen LogP contribution is -2.35. The first-order chi connectivity index (χ1) is 7.99. The number of amides is 3. The van der Waals surface area contributed by atoms with Crippen LogP contribution in [0.5, 0.6) is 0 Å². The predicted molar refractivity (Wildman–Crippen MR) is 53.8 cm³/mol. The molecule has 8 heteroatoms. The standard InChI is InChI=1S/C9H10N4O4/c1-12-2-5(10-4-12)7-8(16)13(3-6(14)15)9(17)11-7/h2,4,7H,3H2,1H3,(H,11,17)(H,14,15)/t7-/m0/s1. The van der Waals surface area contributed by atoms with Crippen LogP contribution in [-0.2, 0) is 16.6 Å². The van der Waals surface area contributed by atoms with Gasteiger partial charge in [-0.3, -0.25) is 14.5 Å². The van der Waals surface area contributed by atoms with Crippen molar-refractivity contribution in [2.75, 3.05) is 6.54 Å². The van der Waals surface area contributed by atoms with Crippen LogP contribution < -0.4 is 5.32 Å². The van der Waals surface area contributed by atoms with Gasteiger partial charge in [0.15, 0.2) is 6.04 Å². The number of rotatable bonds is 3. The molecule has 2 N–H and O–H groups in total. The maximum atomic E-state index is 11.8. The first-order valence-electron chi connectivity index (χ1n) is 4.80. The molecule has 0 unspecified atom stereocenters. The summed E-state index contributed by atoms with van der Waals surface area (Å²) in [6.07, 6.45) is 3.09. The quantitative estimate of drug-likeness (QED) is 0.664. The number of hydrogen-bond acceptors (Lipinski definition) is 4. The molecule has 2 heterocycles. The van der Waals surface area contributed by atoms with Gasteiger partial charge in [0.2, 0.25) is 0 Å². The summed E-state index contributed by atoms with van der Waals surface area (Å²) in [5.41, 5.74) is 0.388. The highest BCUT2D eigenvalue weighted by Crippen LogP contribution is 2.19. The van der Waals surface area contributed by atoms with Gasteiger partial charge in [-0.2, -0.15) is 0 Å². The molecule has 90 valence electrons. The van der Waals surface area contributed by atoms with Crippen LogP contribution in [0.15, 0.2) is 12.5 Å². The Morgan fingerprint density at radius 2 is 2.29 bits per heavy atom. The van der Waals surface area contributed by atoms with Crippen molar-refractivity contribution < 1.29 is 19.5 Å². The molecule has 0 radical (unpaired) electrons. The molecule has 17 heavy (non-hydrogen) atoms. The van der Waals surface area contributed by atoms with Crippen LogP contribution in [0.2, 0.25) is 0 Å². The van der Waals surface area contributed by atoms with Crippen molar-refractivity contribution >= 4 is 17.9 Å². The van der Waals surface area contributed by atoms with Gasteiger partial charge in [-0.05, 0) is 0 Å². The molecule has 0 aliphatic carbocycles. The molecule has 0 saturated carbocycles. The lowest BCUT2D eigenvalue weighted by Gasteiger charge is -2.08. The number of aliphatic carboxylic acids is 1. The molecule has 1 saturated heterocycles. The zero-order valence-corrected chi connectivity index (χ0v) is 8.95. The second kappa shape index (κ2) is 3.89. The van der Waals surface area contributed by atoms with E-state index in [1.54, 1.807) is 17.8 Å². The average molecular weight is 238 g/mol. The zero-order valence-electron chi connectivity index (χ0n) is 8.95. The molecular formula is C9H10N4O4. The Kier molecular flexibility index (Phi) is 2.54. The van der Waals surface area contributed by atoms with E-state index >= 15 is 0 Å². The van der Waals surface area contributed by atoms with E-state index in [1.807, 2.05) is 0 Å². The Hall–Kier alpha value is -2.38. The van der Waals surface area contributed by atoms with Gasteiger partial charge < -0.3 is 15.0 Å². The van der Waals surface area contributed by atoms with Crippen molar-refractivity contribution in [3.63, 3.8) is 0 Å². The van der Waals surface area contributed by atoms with Crippen LogP contribution in [0.25, 0.3) is 0 Å². The van der Waals surface area contributed by atoms with Crippen molar-refractivity contribution in [3.8, 4) is 0 Å². The first-order valence-corrected chi connectivity index (χ1v) is 4.80. The minimum absolute atomic E-state index is 0.388. The summed E-state index contributed by atoms with van der Waals surface area (Å²) in [7, 11) is 1.73. The number of nitrogens with one attached hydrogen (secondary N) is 1. The van der Waals surface area contributed by atoms with E-state index < -0.39 is 30.5 Å². The molecular weight excluding hydrogens is 228 g/mol. The number of carboxylic acids is 1. The molecule has 1 atom stereocenters. The van der Waals surface area contributed by atoms with Crippen LogP contribution >= 0.6 is 0 Å². The number of aryl methyl sites for hydroxylation is 1. The van der Waals surface area contributed by atoms with Gasteiger partial charge in [0, 0.05) is 13.2 Å². The largest absolute Gasteiger partial charge is 0.480 e. The highest BCUT2D eigenvalue weighted by atomic mass is 16.4. The second-order valence-electron chi connectivity index (χ2n) is 3.66. The zero-order chi connectivity index (χ0) is 12.6. The van der Waals surface area contributed by atoms with Gasteiger partial charge in [-0.1, -0.05) is 0 Å². The maximum Gasteiger partial charge on any atom is 0.325 e. The number of carboxylic acid groups (broad SMARTS) is 1. The number of aromatic nitrogens is 2. The molecule has 1 aromatic heterocycles. The smallest absolute Gasteiger partial charge is 0.325 e. The Labute approximate surface area is 95.8 Å². The predicted octanol–water partition coefficient (Wildman–Crippen LogP) is -0.902. The number of imide groups is 1. The molecule has 1 aliphatic rings. The van der Waals surface area contributed by atoms with E-state index in [0.717, 1.165) is 0 Å². The number of carbonyl (C=O) groups is 3. The van der Waals surface area contributed by atoms with E-state index in [2.05, 4.69) is 10.3 Å². The number of urea groups is 1. The summed E-state index contributed by atoms with van der Waals surface area (Å²) in [6.45, 7) is -0.645. The number of hydrogen-bond donors (Lipinski definition) is 2. The Morgan fingerprint density at radius 3 is 2.82 bits per heavy atom. The molecule has 0 spiro atoms. The highest BCUT2D eigenvalue weighted by molar-refractivity contribution is 6.06. The second-order valence-corrected chi connectivity index (χ2v) is 3.66. The van der Waals surface area contributed by atoms with Gasteiger partial charge in [0.1, 0.15) is 6.54 Å². The molecule has 0 bridgehead atoms. The summed E-state index contributed by atoms with van der Waals surface area (Å²) in [6, 6.07) is -1.61. The van der Waals surface area contributed by atoms with Crippen LogP contribution in [-0.4, -0.2) is 44.0 Å². The molecule has 1 aromatic rings. The van der Waals surface area contributed by atoms with Crippen molar-refractivity contribution in [2.24, 2.45) is 7.05 Å². The summed E-state index contributed by atoms with van der Waals surface area (Å²) in [5.74, 6) is -1.84. The molecule has 1 aliphatic heterocycles. The van der Waals surface area contributed by atoms with Crippen molar-refractivity contribution in [1.29, 1.82) is 0 Å². The average Bonchev–Trinajstić information content (AvgIpc) is 2.76. The number of nitrogens with zero attached hydrogens (tertiary/aromatic N) is 3. The molecule has 3 amide bonds. The minimum Gasteiger partial charge on any atom is -0.480 e. The van der Waals surface area contributed by atoms with Gasteiger partial charge in [-0.25, -0.2) is 9.78 Å². The first kappa shape index (κ1) is 11.1. The maximum absolute atomic E-state index is 11.8. The highest BCUT2D eigenvalue weighted by Gasteiger charge is 2.40. The van der Waals surface area contributed by atoms with Gasteiger partial charge in [0.25, 0.3) is 5.91 Å². The summed E-state index contributed by atoms with van der Waals surface area (Å²) >= 11 is 0. The third-order valence-electron chi connectivity index (χ3n) is 2.34. The fourth-order valence-electron chi connectivity index (χ4n) is 1.59. The fourth-order valence-corrected chi connectivity index (χ4v) is 1.59. The van der Waals surface area contributed by atoms with Gasteiger partial charge in [-0.15, -0.1) is 0 Å². The molecule has 8 nitrogen and oxygen atoms in total. The van der Waals surface area contributed by atoms with Gasteiger partial charge >= 0.3 is 12.0 Å². The SMILES string of the molecule is Cn1cnc([C@@H]2NC(=O)N(CC(=O)O)C2=O)c1. The van der Waals surface area contributed by atoms with Gasteiger partial charge in [0.05, 0.1) is 12.0 Å². The molecule has 2 rings (SSSR count). The summed E-state index contributed by atoms with van der Waals surface area (Å²) in [4.78, 5) is 38.3. The Bertz CT molecular complexity index is 495. The third kappa shape index (κ3) is 1.96. The van der Waals surface area contributed by atoms with Crippen molar-refractivity contribution in [1.82, 2.24) is 19.8 Å². The van der Waals surface area contributed by atoms with E-state index in [0.29, 0.717) is 10.6 Å². The minimum atomic E-state index is -1.24. The third-order valence-corrected chi connectivity index (χ3v) is 2.34. The lowest BCUT2D eigenvalue weighted by molar-refractivity contribution is -0.141. The number of imidazole rings is 1. The van der Waals surface area contributed by atoms with Crippen molar-refractivity contribution in [3.05, 3.63) is 18.2 Å². The van der Waals surface area contributed by atoms with Crippen LogP contribution in [0.3, 0.4) is 0 Å². The Balaban J connectivity index is 2.21. The summed E-state index contributed by atoms with van der Waals surface area (Å²) in [5, 5.41) is 11.0. The topological polar surface area (TPSA) is 105 Å². The van der Waals surface area contributed by atoms with E-state index in [-0.39, 0.29) is 0 Å². The van der Waals surface area contributed by atoms with Crippen LogP contribution in [0, 0.1) is 0 Å². The monoisotopic (exact) mass is 238 g/mol. The Morgan fingerprint density at radius 1 is 1.59 bits per heavy atom. The van der Waals surface area contributed by atoms with Crippen molar-refractivity contribution in [2.45, 2.75) is 6.04 Å². The van der Waals surface area contributed by atoms with Crippen LogP contribution in [0.4, 0.5) is 4.79 Å². The number of carbonyl (C=O) groups excluding carboxylic acids is 2. The van der Waals surface area contributed by atoms with E-state index in [1.165, 1.54) is 6.33 Å². The van der Waals surface area contributed by atoms with E-state index in [4.69, 9.17) is 5.11 Å². The normalized spacial score (nSPS) is 19.6. The molecule has 1 fully saturated rings. The summed E-state index contributed by atoms with van der Waals surface area (Å²) < 4.78 is 1.63. The fraction of sp³-hybridized carbons (Fsp3) is 0.333. The molecule has 0 aromatic carbocycles. The lowest BCUT2D eigenvalue weighted by atomic mass is 10.2. The van der Waals surface area contributed by atoms with Crippen LogP contribution in [0.1, 0.15) is 11.7 Å².